The van der Waals surface area contributed by atoms with Crippen molar-refractivity contribution in [2.24, 2.45) is 5.92 Å². The molecule has 0 radical (unpaired) electrons. The fourth-order valence-electron chi connectivity index (χ4n) is 4.45. The van der Waals surface area contributed by atoms with E-state index in [-0.39, 0.29) is 11.7 Å². The number of ether oxygens (including phenoxy) is 1. The van der Waals surface area contributed by atoms with E-state index in [2.05, 4.69) is 34.6 Å². The van der Waals surface area contributed by atoms with Crippen LogP contribution in [0, 0.1) is 5.92 Å². The molecule has 1 saturated heterocycles. The van der Waals surface area contributed by atoms with Gasteiger partial charge in [0.1, 0.15) is 5.75 Å². The number of pyridine rings is 1. The highest BCUT2D eigenvalue weighted by Gasteiger charge is 2.35. The summed E-state index contributed by atoms with van der Waals surface area (Å²) in [6, 6.07) is 16.1. The summed E-state index contributed by atoms with van der Waals surface area (Å²) >= 11 is 0. The van der Waals surface area contributed by atoms with Crippen LogP contribution in [0.1, 0.15) is 29.9 Å². The third kappa shape index (κ3) is 2.86. The maximum absolute atomic E-state index is 10.4. The predicted molar refractivity (Wildman–Crippen MR) is 105 cm³/mol. The second-order valence-electron chi connectivity index (χ2n) is 7.36. The Morgan fingerprint density at radius 1 is 0.963 bits per heavy atom. The van der Waals surface area contributed by atoms with Crippen molar-refractivity contribution >= 4 is 0 Å². The first-order valence-corrected chi connectivity index (χ1v) is 9.56. The van der Waals surface area contributed by atoms with Crippen molar-refractivity contribution in [2.75, 3.05) is 13.1 Å². The van der Waals surface area contributed by atoms with Gasteiger partial charge in [0.05, 0.1) is 0 Å². The molecular formula is C23H22N2O2. The third-order valence-electron chi connectivity index (χ3n) is 5.77. The fourth-order valence-corrected chi connectivity index (χ4v) is 4.45. The van der Waals surface area contributed by atoms with Gasteiger partial charge in [-0.1, -0.05) is 30.3 Å². The number of hydrogen-bond donors (Lipinski definition) is 2. The van der Waals surface area contributed by atoms with Crippen molar-refractivity contribution in [3.63, 3.8) is 0 Å². The van der Waals surface area contributed by atoms with E-state index >= 15 is 0 Å². The largest absolute Gasteiger partial charge is 0.504 e. The normalized spacial score (nSPS) is 19.0. The van der Waals surface area contributed by atoms with Crippen LogP contribution in [0.2, 0.25) is 0 Å². The van der Waals surface area contributed by atoms with E-state index in [1.165, 1.54) is 5.56 Å². The highest BCUT2D eigenvalue weighted by molar-refractivity contribution is 5.68. The zero-order valence-corrected chi connectivity index (χ0v) is 15.1. The minimum absolute atomic E-state index is 0.212. The molecule has 0 spiro atoms. The number of aromatic hydroxyl groups is 1. The first kappa shape index (κ1) is 16.3. The summed E-state index contributed by atoms with van der Waals surface area (Å²) in [6.07, 6.45) is 5.90. The third-order valence-corrected chi connectivity index (χ3v) is 5.77. The Morgan fingerprint density at radius 3 is 2.67 bits per heavy atom. The molecule has 2 aromatic carbocycles. The van der Waals surface area contributed by atoms with E-state index in [4.69, 9.17) is 4.74 Å². The molecule has 5 rings (SSSR count). The molecule has 1 unspecified atom stereocenters. The van der Waals surface area contributed by atoms with Gasteiger partial charge in [0, 0.05) is 35.0 Å². The standard InChI is InChI=1S/C23H22N2O2/c26-20-5-1-4-19-22(15-8-11-24-12-9-15)18-7-6-16(13-21(18)27-23(19)20)17-3-2-10-25-14-17/h1-7,10,13-15,22,24,26H,8-9,11-12H2. The van der Waals surface area contributed by atoms with Crippen LogP contribution in [0.4, 0.5) is 0 Å². The number of piperidine rings is 1. The molecule has 4 heteroatoms. The highest BCUT2D eigenvalue weighted by Crippen LogP contribution is 2.52. The van der Waals surface area contributed by atoms with Crippen molar-refractivity contribution in [3.05, 3.63) is 72.1 Å². The highest BCUT2D eigenvalue weighted by atomic mass is 16.5. The number of rotatable bonds is 2. The van der Waals surface area contributed by atoms with E-state index in [0.29, 0.717) is 11.7 Å². The number of phenols is 1. The van der Waals surface area contributed by atoms with Crippen LogP contribution in [-0.4, -0.2) is 23.2 Å². The Hall–Kier alpha value is -2.85. The molecule has 3 heterocycles. The van der Waals surface area contributed by atoms with E-state index in [9.17, 15) is 5.11 Å². The number of phenolic OH excluding ortho intramolecular Hbond substituents is 1. The molecule has 0 saturated carbocycles. The summed E-state index contributed by atoms with van der Waals surface area (Å²) in [5, 5.41) is 13.9. The molecular weight excluding hydrogens is 336 g/mol. The Kier molecular flexibility index (Phi) is 4.06. The molecule has 1 aromatic heterocycles. The lowest BCUT2D eigenvalue weighted by molar-refractivity contribution is 0.315. The number of fused-ring (bicyclic) bond motifs is 2. The minimum Gasteiger partial charge on any atom is -0.504 e. The van der Waals surface area contributed by atoms with Gasteiger partial charge in [0.2, 0.25) is 0 Å². The van der Waals surface area contributed by atoms with Gasteiger partial charge in [-0.05, 0) is 55.6 Å². The molecule has 3 aromatic rings. The minimum atomic E-state index is 0.212. The summed E-state index contributed by atoms with van der Waals surface area (Å²) in [5.41, 5.74) is 4.45. The van der Waals surface area contributed by atoms with E-state index in [0.717, 1.165) is 48.4 Å². The lowest BCUT2D eigenvalue weighted by Gasteiger charge is -2.36. The van der Waals surface area contributed by atoms with Crippen molar-refractivity contribution < 1.29 is 9.84 Å². The van der Waals surface area contributed by atoms with Crippen molar-refractivity contribution in [1.82, 2.24) is 10.3 Å². The molecule has 0 bridgehead atoms. The van der Waals surface area contributed by atoms with Crippen LogP contribution in [-0.2, 0) is 0 Å². The fraction of sp³-hybridized carbons (Fsp3) is 0.261. The molecule has 2 aliphatic heterocycles. The van der Waals surface area contributed by atoms with Gasteiger partial charge >= 0.3 is 0 Å². The summed E-state index contributed by atoms with van der Waals surface area (Å²) in [6.45, 7) is 2.08. The van der Waals surface area contributed by atoms with Gasteiger partial charge in [-0.3, -0.25) is 4.98 Å². The summed E-state index contributed by atoms with van der Waals surface area (Å²) < 4.78 is 6.21. The predicted octanol–water partition coefficient (Wildman–Crippen LogP) is 4.69. The van der Waals surface area contributed by atoms with Crippen LogP contribution in [0.25, 0.3) is 11.1 Å². The Balaban J connectivity index is 1.63. The van der Waals surface area contributed by atoms with Gasteiger partial charge in [-0.25, -0.2) is 0 Å². The number of aromatic nitrogens is 1. The number of benzene rings is 2. The first-order valence-electron chi connectivity index (χ1n) is 9.56. The van der Waals surface area contributed by atoms with Gasteiger partial charge in [-0.15, -0.1) is 0 Å². The van der Waals surface area contributed by atoms with Crippen molar-refractivity contribution in [2.45, 2.75) is 18.8 Å². The Bertz CT molecular complexity index is 965. The monoisotopic (exact) mass is 358 g/mol. The zero-order chi connectivity index (χ0) is 18.2. The van der Waals surface area contributed by atoms with Gasteiger partial charge < -0.3 is 15.2 Å². The lowest BCUT2D eigenvalue weighted by atomic mass is 9.74. The zero-order valence-electron chi connectivity index (χ0n) is 15.1. The number of hydrogen-bond acceptors (Lipinski definition) is 4. The second-order valence-corrected chi connectivity index (χ2v) is 7.36. The molecule has 2 N–H and O–H groups in total. The molecule has 136 valence electrons. The number of nitrogens with zero attached hydrogens (tertiary/aromatic N) is 1. The molecule has 0 amide bonds. The van der Waals surface area contributed by atoms with Crippen LogP contribution in [0.5, 0.6) is 17.2 Å². The molecule has 27 heavy (non-hydrogen) atoms. The number of para-hydroxylation sites is 1. The molecule has 0 aliphatic carbocycles. The topological polar surface area (TPSA) is 54.4 Å². The molecule has 1 atom stereocenters. The maximum atomic E-state index is 10.4. The quantitative estimate of drug-likeness (QED) is 0.698. The summed E-state index contributed by atoms with van der Waals surface area (Å²) in [4.78, 5) is 4.22. The Morgan fingerprint density at radius 2 is 1.85 bits per heavy atom. The average molecular weight is 358 g/mol. The van der Waals surface area contributed by atoms with E-state index in [1.807, 2.05) is 24.4 Å². The summed E-state index contributed by atoms with van der Waals surface area (Å²) in [5.74, 6) is 2.45. The second kappa shape index (κ2) is 6.71. The molecule has 1 fully saturated rings. The molecule has 2 aliphatic rings. The number of nitrogens with one attached hydrogen (secondary N) is 1. The van der Waals surface area contributed by atoms with Crippen molar-refractivity contribution in [3.8, 4) is 28.4 Å². The van der Waals surface area contributed by atoms with E-state index < -0.39 is 0 Å². The van der Waals surface area contributed by atoms with E-state index in [1.54, 1.807) is 12.3 Å². The smallest absolute Gasteiger partial charge is 0.172 e. The van der Waals surface area contributed by atoms with Crippen molar-refractivity contribution in [1.29, 1.82) is 0 Å². The van der Waals surface area contributed by atoms with Crippen LogP contribution in [0.15, 0.2) is 60.9 Å². The lowest BCUT2D eigenvalue weighted by Crippen LogP contribution is -2.32. The van der Waals surface area contributed by atoms with Gasteiger partial charge in [-0.2, -0.15) is 0 Å². The van der Waals surface area contributed by atoms with Crippen LogP contribution >= 0.6 is 0 Å². The van der Waals surface area contributed by atoms with Gasteiger partial charge in [0.15, 0.2) is 11.5 Å². The maximum Gasteiger partial charge on any atom is 0.172 e. The van der Waals surface area contributed by atoms with Crippen LogP contribution < -0.4 is 10.1 Å². The average Bonchev–Trinajstić information content (AvgIpc) is 2.73. The summed E-state index contributed by atoms with van der Waals surface area (Å²) in [7, 11) is 0. The Labute approximate surface area is 158 Å². The van der Waals surface area contributed by atoms with Gasteiger partial charge in [0.25, 0.3) is 0 Å². The SMILES string of the molecule is Oc1cccc2c1Oc1cc(-c3cccnc3)ccc1C2C1CCNCC1. The molecule has 4 nitrogen and oxygen atoms in total. The first-order chi connectivity index (χ1) is 13.3. The van der Waals surface area contributed by atoms with Crippen LogP contribution in [0.3, 0.4) is 0 Å².